The van der Waals surface area contributed by atoms with Crippen LogP contribution in [-0.4, -0.2) is 14.9 Å². The van der Waals surface area contributed by atoms with Crippen LogP contribution in [0.5, 0.6) is 0 Å². The van der Waals surface area contributed by atoms with Crippen molar-refractivity contribution >= 4 is 28.8 Å². The Morgan fingerprint density at radius 2 is 1.71 bits per heavy atom. The molecule has 2 aromatic heterocycles. The van der Waals surface area contributed by atoms with Gasteiger partial charge in [-0.25, -0.2) is 0 Å². The fraction of sp³-hybridized carbons (Fsp3) is 0.167. The summed E-state index contributed by atoms with van der Waals surface area (Å²) in [6.45, 7) is 2.95. The van der Waals surface area contributed by atoms with Gasteiger partial charge in [0.05, 0.1) is 5.69 Å². The van der Waals surface area contributed by atoms with Gasteiger partial charge < -0.3 is 9.88 Å². The quantitative estimate of drug-likeness (QED) is 0.283. The fourth-order valence-corrected chi connectivity index (χ4v) is 5.41. The van der Waals surface area contributed by atoms with Gasteiger partial charge in [0.25, 0.3) is 5.91 Å². The molecule has 0 spiro atoms. The summed E-state index contributed by atoms with van der Waals surface area (Å²) in [7, 11) is 0. The van der Waals surface area contributed by atoms with Gasteiger partial charge in [-0.1, -0.05) is 66.2 Å². The second-order valence-electron chi connectivity index (χ2n) is 9.22. The van der Waals surface area contributed by atoms with Crippen molar-refractivity contribution in [1.82, 2.24) is 8.97 Å². The van der Waals surface area contributed by atoms with Gasteiger partial charge >= 0.3 is 0 Å². The second kappa shape index (κ2) is 8.79. The molecule has 0 atom stereocenters. The minimum atomic E-state index is -0.101. The maximum atomic E-state index is 13.9. The van der Waals surface area contributed by atoms with Crippen molar-refractivity contribution in [3.63, 3.8) is 0 Å². The van der Waals surface area contributed by atoms with E-state index < -0.39 is 0 Å². The Kier molecular flexibility index (Phi) is 5.46. The van der Waals surface area contributed by atoms with Crippen LogP contribution >= 0.6 is 11.6 Å². The Morgan fingerprint density at radius 3 is 2.49 bits per heavy atom. The summed E-state index contributed by atoms with van der Waals surface area (Å²) in [5.74, 6) is -0.101. The first-order valence-corrected chi connectivity index (χ1v) is 12.4. The van der Waals surface area contributed by atoms with Crippen molar-refractivity contribution in [2.75, 3.05) is 5.32 Å². The monoisotopic (exact) mass is 479 g/mol. The van der Waals surface area contributed by atoms with Gasteiger partial charge in [0.15, 0.2) is 0 Å². The van der Waals surface area contributed by atoms with Crippen LogP contribution in [0.25, 0.3) is 28.0 Å². The predicted molar refractivity (Wildman–Crippen MR) is 143 cm³/mol. The molecule has 5 heteroatoms. The lowest BCUT2D eigenvalue weighted by atomic mass is 9.98. The van der Waals surface area contributed by atoms with Gasteiger partial charge in [0, 0.05) is 34.6 Å². The van der Waals surface area contributed by atoms with Gasteiger partial charge in [-0.15, -0.1) is 0 Å². The van der Waals surface area contributed by atoms with E-state index in [0.29, 0.717) is 10.7 Å². The normalized spacial score (nSPS) is 13.1. The summed E-state index contributed by atoms with van der Waals surface area (Å²) < 4.78 is 4.49. The first kappa shape index (κ1) is 21.8. The van der Waals surface area contributed by atoms with Crippen LogP contribution in [0.1, 0.15) is 34.5 Å². The van der Waals surface area contributed by atoms with E-state index in [1.54, 1.807) is 0 Å². The van der Waals surface area contributed by atoms with Crippen LogP contribution in [0, 0.1) is 6.92 Å². The van der Waals surface area contributed by atoms with Gasteiger partial charge in [-0.2, -0.15) is 0 Å². The first-order chi connectivity index (χ1) is 17.1. The molecule has 174 valence electrons. The number of aromatic nitrogens is 2. The zero-order valence-electron chi connectivity index (χ0n) is 19.6. The number of halogens is 1. The molecule has 3 aromatic carbocycles. The molecule has 4 nitrogen and oxygen atoms in total. The van der Waals surface area contributed by atoms with Gasteiger partial charge in [-0.05, 0) is 67.1 Å². The number of hydrogen-bond acceptors (Lipinski definition) is 1. The Labute approximate surface area is 209 Å². The fourth-order valence-electron chi connectivity index (χ4n) is 5.29. The molecule has 0 aliphatic carbocycles. The predicted octanol–water partition coefficient (Wildman–Crippen LogP) is 7.63. The molecule has 0 saturated heterocycles. The highest BCUT2D eigenvalue weighted by Crippen LogP contribution is 2.39. The maximum Gasteiger partial charge on any atom is 0.273 e. The Morgan fingerprint density at radius 1 is 0.914 bits per heavy atom. The van der Waals surface area contributed by atoms with Crippen LogP contribution in [0.4, 0.5) is 5.69 Å². The molecule has 0 fully saturated rings. The number of nitrogens with one attached hydrogen (secondary N) is 1. The zero-order valence-corrected chi connectivity index (χ0v) is 20.3. The number of rotatable bonds is 4. The van der Waals surface area contributed by atoms with Crippen LogP contribution in [-0.2, 0) is 13.0 Å². The standard InChI is InChI=1S/C30H26ClN3O/c1-20-8-7-11-24(18-20)32-29(35)28-27(22-9-3-2-4-10-22)25-12-5-6-17-33-26(19-34(28)30(25)33)21-13-15-23(31)16-14-21/h2-4,7-11,13-16,18-19H,5-6,12,17H2,1H3,(H,32,35). The molecule has 1 amide bonds. The zero-order chi connectivity index (χ0) is 23.9. The summed E-state index contributed by atoms with van der Waals surface area (Å²) in [6, 6.07) is 26.2. The van der Waals surface area contributed by atoms with E-state index in [9.17, 15) is 4.79 Å². The maximum absolute atomic E-state index is 13.9. The minimum absolute atomic E-state index is 0.101. The van der Waals surface area contributed by atoms with E-state index in [2.05, 4.69) is 44.7 Å². The van der Waals surface area contributed by atoms with E-state index in [1.807, 2.05) is 61.5 Å². The van der Waals surface area contributed by atoms with Crippen molar-refractivity contribution in [2.45, 2.75) is 32.7 Å². The number of hydrogen-bond donors (Lipinski definition) is 1. The Hall–Kier alpha value is -3.76. The smallest absolute Gasteiger partial charge is 0.273 e. The van der Waals surface area contributed by atoms with Crippen molar-refractivity contribution in [1.29, 1.82) is 0 Å². The first-order valence-electron chi connectivity index (χ1n) is 12.1. The highest BCUT2D eigenvalue weighted by atomic mass is 35.5. The molecule has 35 heavy (non-hydrogen) atoms. The van der Waals surface area contributed by atoms with Crippen LogP contribution in [0.3, 0.4) is 0 Å². The lowest BCUT2D eigenvalue weighted by Gasteiger charge is -2.10. The second-order valence-corrected chi connectivity index (χ2v) is 9.65. The molecule has 0 radical (unpaired) electrons. The Bertz CT molecular complexity index is 1540. The van der Waals surface area contributed by atoms with Crippen molar-refractivity contribution < 1.29 is 4.79 Å². The van der Waals surface area contributed by atoms with Crippen molar-refractivity contribution in [3.8, 4) is 22.4 Å². The molecule has 0 bridgehead atoms. The van der Waals surface area contributed by atoms with Crippen LogP contribution in [0.2, 0.25) is 5.02 Å². The summed E-state index contributed by atoms with van der Waals surface area (Å²) >= 11 is 6.17. The number of benzene rings is 3. The molecule has 1 aliphatic rings. The number of amides is 1. The highest BCUT2D eigenvalue weighted by Gasteiger charge is 2.29. The van der Waals surface area contributed by atoms with Gasteiger partial charge in [0.2, 0.25) is 0 Å². The number of carbonyl (C=O) groups is 1. The minimum Gasteiger partial charge on any atom is -0.325 e. The average molecular weight is 480 g/mol. The number of aryl methyl sites for hydroxylation is 3. The van der Waals surface area contributed by atoms with E-state index in [4.69, 9.17) is 11.6 Å². The molecule has 0 unspecified atom stereocenters. The molecule has 0 saturated carbocycles. The number of carbonyl (C=O) groups excluding carboxylic acids is 1. The lowest BCUT2D eigenvalue weighted by Crippen LogP contribution is -2.15. The molecule has 1 N–H and O–H groups in total. The average Bonchev–Trinajstić information content (AvgIpc) is 3.28. The number of anilines is 1. The van der Waals surface area contributed by atoms with Crippen LogP contribution in [0.15, 0.2) is 85.1 Å². The third kappa shape index (κ3) is 3.84. The topological polar surface area (TPSA) is 38.4 Å². The molecular weight excluding hydrogens is 454 g/mol. The molecule has 1 aliphatic heterocycles. The summed E-state index contributed by atoms with van der Waals surface area (Å²) in [5, 5.41) is 3.88. The number of nitrogens with zero attached hydrogens (tertiary/aromatic N) is 2. The molecular formula is C30H26ClN3O. The summed E-state index contributed by atoms with van der Waals surface area (Å²) in [5.41, 5.74) is 9.24. The molecule has 6 rings (SSSR count). The lowest BCUT2D eigenvalue weighted by molar-refractivity contribution is 0.102. The van der Waals surface area contributed by atoms with Crippen molar-refractivity contribution in [2.24, 2.45) is 0 Å². The van der Waals surface area contributed by atoms with Crippen LogP contribution < -0.4 is 5.32 Å². The largest absolute Gasteiger partial charge is 0.325 e. The summed E-state index contributed by atoms with van der Waals surface area (Å²) in [4.78, 5) is 13.9. The molecule has 3 heterocycles. The van der Waals surface area contributed by atoms with Gasteiger partial charge in [0.1, 0.15) is 11.3 Å². The van der Waals surface area contributed by atoms with E-state index in [-0.39, 0.29) is 5.91 Å². The van der Waals surface area contributed by atoms with E-state index >= 15 is 0 Å². The number of imidazole rings is 1. The highest BCUT2D eigenvalue weighted by molar-refractivity contribution is 6.30. The SMILES string of the molecule is Cc1cccc(NC(=O)c2c(-c3ccccc3)c3c4n(c(-c5ccc(Cl)cc5)cn24)CCCC3)c1. The van der Waals surface area contributed by atoms with E-state index in [1.165, 1.54) is 5.56 Å². The van der Waals surface area contributed by atoms with E-state index in [0.717, 1.165) is 65.1 Å². The Balaban J connectivity index is 1.60. The third-order valence-corrected chi connectivity index (χ3v) is 7.08. The van der Waals surface area contributed by atoms with Crippen molar-refractivity contribution in [3.05, 3.63) is 107 Å². The third-order valence-electron chi connectivity index (χ3n) is 6.83. The van der Waals surface area contributed by atoms with Gasteiger partial charge in [-0.3, -0.25) is 9.20 Å². The molecule has 5 aromatic rings. The summed E-state index contributed by atoms with van der Waals surface area (Å²) in [6.07, 6.45) is 5.24.